The van der Waals surface area contributed by atoms with Crippen molar-refractivity contribution in [3.63, 3.8) is 0 Å². The summed E-state index contributed by atoms with van der Waals surface area (Å²) in [6.45, 7) is 1.43. The van der Waals surface area contributed by atoms with Crippen molar-refractivity contribution >= 4 is 11.7 Å². The Morgan fingerprint density at radius 2 is 1.74 bits per heavy atom. The summed E-state index contributed by atoms with van der Waals surface area (Å²) in [5.74, 6) is 1.02. The van der Waals surface area contributed by atoms with E-state index in [1.165, 1.54) is 0 Å². The van der Waals surface area contributed by atoms with Gasteiger partial charge in [0.25, 0.3) is 0 Å². The van der Waals surface area contributed by atoms with E-state index in [2.05, 4.69) is 19.9 Å². The fourth-order valence-electron chi connectivity index (χ4n) is 2.12. The molecular formula is C14H14N4O. The number of Topliss-reactive ketones (excluding diaryl/α,β-unsaturated/α-hetero) is 1. The second-order valence-electron chi connectivity index (χ2n) is 4.54. The van der Waals surface area contributed by atoms with Gasteiger partial charge in [-0.05, 0) is 6.07 Å². The largest absolute Gasteiger partial charge is 0.340 e. The molecule has 0 aromatic carbocycles. The molecule has 1 saturated heterocycles. The summed E-state index contributed by atoms with van der Waals surface area (Å²) < 4.78 is 0. The molecular weight excluding hydrogens is 240 g/mol. The Labute approximate surface area is 111 Å². The first-order valence-electron chi connectivity index (χ1n) is 6.32. The van der Waals surface area contributed by atoms with Gasteiger partial charge >= 0.3 is 0 Å². The molecule has 0 aliphatic carbocycles. The SMILES string of the molecule is O=C1CCN(c2ncc(-c3cccnc3)cn2)CC1. The number of ketones is 1. The van der Waals surface area contributed by atoms with E-state index in [-0.39, 0.29) is 0 Å². The number of piperidine rings is 1. The predicted octanol–water partition coefficient (Wildman–Crippen LogP) is 1.71. The molecule has 0 atom stereocenters. The molecule has 3 rings (SSSR count). The first kappa shape index (κ1) is 11.8. The topological polar surface area (TPSA) is 59.0 Å². The maximum atomic E-state index is 11.2. The third-order valence-electron chi connectivity index (χ3n) is 3.24. The Morgan fingerprint density at radius 1 is 1.00 bits per heavy atom. The molecule has 0 N–H and O–H groups in total. The van der Waals surface area contributed by atoms with Crippen molar-refractivity contribution < 1.29 is 4.79 Å². The van der Waals surface area contributed by atoms with Gasteiger partial charge in [0.1, 0.15) is 5.78 Å². The van der Waals surface area contributed by atoms with E-state index in [1.807, 2.05) is 12.1 Å². The number of anilines is 1. The molecule has 96 valence electrons. The fraction of sp³-hybridized carbons (Fsp3) is 0.286. The van der Waals surface area contributed by atoms with E-state index < -0.39 is 0 Å². The van der Waals surface area contributed by atoms with Crippen LogP contribution in [-0.2, 0) is 4.79 Å². The Kier molecular flexibility index (Phi) is 3.18. The van der Waals surface area contributed by atoms with Crippen molar-refractivity contribution in [2.45, 2.75) is 12.8 Å². The first-order valence-corrected chi connectivity index (χ1v) is 6.32. The molecule has 0 amide bonds. The van der Waals surface area contributed by atoms with Crippen LogP contribution < -0.4 is 4.90 Å². The van der Waals surface area contributed by atoms with Crippen LogP contribution in [0.15, 0.2) is 36.9 Å². The zero-order valence-electron chi connectivity index (χ0n) is 10.5. The molecule has 1 aliphatic rings. The lowest BCUT2D eigenvalue weighted by Crippen LogP contribution is -2.34. The van der Waals surface area contributed by atoms with Crippen molar-refractivity contribution in [3.8, 4) is 11.1 Å². The van der Waals surface area contributed by atoms with E-state index in [0.717, 1.165) is 11.1 Å². The number of pyridine rings is 1. The van der Waals surface area contributed by atoms with Crippen LogP contribution in [0.3, 0.4) is 0 Å². The Hall–Kier alpha value is -2.30. The average Bonchev–Trinajstić information content (AvgIpc) is 2.49. The van der Waals surface area contributed by atoms with Crippen molar-refractivity contribution in [2.24, 2.45) is 0 Å². The Morgan fingerprint density at radius 3 is 2.37 bits per heavy atom. The van der Waals surface area contributed by atoms with Gasteiger partial charge in [0, 0.05) is 61.8 Å². The highest BCUT2D eigenvalue weighted by Gasteiger charge is 2.18. The van der Waals surface area contributed by atoms with Gasteiger partial charge in [-0.2, -0.15) is 0 Å². The fourth-order valence-corrected chi connectivity index (χ4v) is 2.12. The molecule has 0 radical (unpaired) electrons. The van der Waals surface area contributed by atoms with Crippen LogP contribution in [0.2, 0.25) is 0 Å². The maximum absolute atomic E-state index is 11.2. The van der Waals surface area contributed by atoms with Gasteiger partial charge < -0.3 is 4.90 Å². The van der Waals surface area contributed by atoms with E-state index in [1.54, 1.807) is 24.8 Å². The van der Waals surface area contributed by atoms with Crippen LogP contribution in [0.5, 0.6) is 0 Å². The average molecular weight is 254 g/mol. The number of nitrogens with zero attached hydrogens (tertiary/aromatic N) is 4. The molecule has 1 aliphatic heterocycles. The number of hydrogen-bond acceptors (Lipinski definition) is 5. The summed E-state index contributed by atoms with van der Waals surface area (Å²) in [6, 6.07) is 3.87. The van der Waals surface area contributed by atoms with Gasteiger partial charge in [-0.15, -0.1) is 0 Å². The molecule has 3 heterocycles. The second kappa shape index (κ2) is 5.14. The van der Waals surface area contributed by atoms with Crippen molar-refractivity contribution in [3.05, 3.63) is 36.9 Å². The van der Waals surface area contributed by atoms with Crippen molar-refractivity contribution in [1.82, 2.24) is 15.0 Å². The lowest BCUT2D eigenvalue weighted by molar-refractivity contribution is -0.119. The number of carbonyl (C=O) groups excluding carboxylic acids is 1. The van der Waals surface area contributed by atoms with Crippen LogP contribution in [0.25, 0.3) is 11.1 Å². The third kappa shape index (κ3) is 2.59. The molecule has 1 fully saturated rings. The summed E-state index contributed by atoms with van der Waals surface area (Å²) in [6.07, 6.45) is 8.31. The minimum atomic E-state index is 0.322. The highest BCUT2D eigenvalue weighted by Crippen LogP contribution is 2.19. The van der Waals surface area contributed by atoms with E-state index >= 15 is 0 Å². The maximum Gasteiger partial charge on any atom is 0.225 e. The summed E-state index contributed by atoms with van der Waals surface area (Å²) >= 11 is 0. The highest BCUT2D eigenvalue weighted by atomic mass is 16.1. The number of carbonyl (C=O) groups is 1. The highest BCUT2D eigenvalue weighted by molar-refractivity contribution is 5.80. The zero-order chi connectivity index (χ0) is 13.1. The Bertz CT molecular complexity index is 558. The monoisotopic (exact) mass is 254 g/mol. The quantitative estimate of drug-likeness (QED) is 0.816. The third-order valence-corrected chi connectivity index (χ3v) is 3.24. The van der Waals surface area contributed by atoms with E-state index in [4.69, 9.17) is 0 Å². The van der Waals surface area contributed by atoms with Crippen LogP contribution in [0.4, 0.5) is 5.95 Å². The summed E-state index contributed by atoms with van der Waals surface area (Å²) in [5.41, 5.74) is 1.95. The smallest absolute Gasteiger partial charge is 0.225 e. The second-order valence-corrected chi connectivity index (χ2v) is 4.54. The Balaban J connectivity index is 1.78. The van der Waals surface area contributed by atoms with Gasteiger partial charge in [0.2, 0.25) is 5.95 Å². The molecule has 2 aromatic rings. The summed E-state index contributed by atoms with van der Waals surface area (Å²) in [5, 5.41) is 0. The normalized spacial score (nSPS) is 15.6. The minimum Gasteiger partial charge on any atom is -0.340 e. The van der Waals surface area contributed by atoms with E-state index in [0.29, 0.717) is 37.7 Å². The number of aromatic nitrogens is 3. The molecule has 19 heavy (non-hydrogen) atoms. The molecule has 0 spiro atoms. The van der Waals surface area contributed by atoms with Gasteiger partial charge in [0.05, 0.1) is 0 Å². The summed E-state index contributed by atoms with van der Waals surface area (Å²) in [4.78, 5) is 26.1. The van der Waals surface area contributed by atoms with Crippen molar-refractivity contribution in [1.29, 1.82) is 0 Å². The molecule has 5 heteroatoms. The van der Waals surface area contributed by atoms with Crippen LogP contribution in [0.1, 0.15) is 12.8 Å². The molecule has 2 aromatic heterocycles. The molecule has 0 bridgehead atoms. The van der Waals surface area contributed by atoms with Gasteiger partial charge in [-0.25, -0.2) is 9.97 Å². The molecule has 0 unspecified atom stereocenters. The first-order chi connectivity index (χ1) is 9.33. The minimum absolute atomic E-state index is 0.322. The number of hydrogen-bond donors (Lipinski definition) is 0. The van der Waals surface area contributed by atoms with Gasteiger partial charge in [-0.3, -0.25) is 9.78 Å². The van der Waals surface area contributed by atoms with Gasteiger partial charge in [-0.1, -0.05) is 6.07 Å². The standard InChI is InChI=1S/C14H14N4O/c19-13-3-6-18(7-4-13)14-16-9-12(10-17-14)11-2-1-5-15-8-11/h1-2,5,8-10H,3-4,6-7H2. The van der Waals surface area contributed by atoms with Gasteiger partial charge in [0.15, 0.2) is 0 Å². The lowest BCUT2D eigenvalue weighted by Gasteiger charge is -2.25. The van der Waals surface area contributed by atoms with Crippen molar-refractivity contribution in [2.75, 3.05) is 18.0 Å². The van der Waals surface area contributed by atoms with Crippen LogP contribution in [-0.4, -0.2) is 33.8 Å². The molecule has 5 nitrogen and oxygen atoms in total. The van der Waals surface area contributed by atoms with Crippen LogP contribution >= 0.6 is 0 Å². The number of rotatable bonds is 2. The van der Waals surface area contributed by atoms with Crippen LogP contribution in [0, 0.1) is 0 Å². The predicted molar refractivity (Wildman–Crippen MR) is 71.7 cm³/mol. The van der Waals surface area contributed by atoms with E-state index in [9.17, 15) is 4.79 Å². The molecule has 0 saturated carbocycles. The lowest BCUT2D eigenvalue weighted by atomic mass is 10.1. The zero-order valence-corrected chi connectivity index (χ0v) is 10.5. The summed E-state index contributed by atoms with van der Waals surface area (Å²) in [7, 11) is 0.